The molecule has 4 aromatic rings. The molecule has 7 heteroatoms. The number of ketones is 2. The summed E-state index contributed by atoms with van der Waals surface area (Å²) in [5.74, 6) is -4.66. The van der Waals surface area contributed by atoms with E-state index < -0.39 is 46.9 Å². The lowest BCUT2D eigenvalue weighted by atomic mass is 9.77. The van der Waals surface area contributed by atoms with E-state index in [9.17, 15) is 19.2 Å². The normalized spacial score (nSPS) is 23.0. The first-order valence-corrected chi connectivity index (χ1v) is 12.9. The van der Waals surface area contributed by atoms with E-state index in [4.69, 9.17) is 16.3 Å². The number of anilines is 1. The molecule has 1 spiro atoms. The van der Waals surface area contributed by atoms with E-state index in [2.05, 4.69) is 0 Å². The lowest BCUT2D eigenvalue weighted by Crippen LogP contribution is -2.51. The molecule has 2 saturated heterocycles. The number of ether oxygens (including phenoxy) is 1. The number of fused-ring (bicyclic) bond motifs is 3. The maximum Gasteiger partial charge on any atom is 0.241 e. The minimum absolute atomic E-state index is 0.198. The van der Waals surface area contributed by atoms with E-state index in [0.29, 0.717) is 16.3 Å². The number of amides is 2. The van der Waals surface area contributed by atoms with Gasteiger partial charge in [-0.2, -0.15) is 0 Å². The Morgan fingerprint density at radius 2 is 1.21 bits per heavy atom. The largest absolute Gasteiger partial charge is 0.349 e. The van der Waals surface area contributed by atoms with Gasteiger partial charge in [0.25, 0.3) is 0 Å². The van der Waals surface area contributed by atoms with Crippen LogP contribution in [0.15, 0.2) is 103 Å². The van der Waals surface area contributed by atoms with Crippen molar-refractivity contribution in [3.05, 3.63) is 125 Å². The Kier molecular flexibility index (Phi) is 5.20. The highest BCUT2D eigenvalue weighted by Crippen LogP contribution is 2.57. The predicted molar refractivity (Wildman–Crippen MR) is 144 cm³/mol. The molecule has 0 unspecified atom stereocenters. The van der Waals surface area contributed by atoms with Crippen LogP contribution in [0.3, 0.4) is 0 Å². The first-order chi connectivity index (χ1) is 18.9. The van der Waals surface area contributed by atoms with Gasteiger partial charge in [0.15, 0.2) is 0 Å². The molecule has 2 aliphatic heterocycles. The van der Waals surface area contributed by atoms with E-state index in [1.807, 2.05) is 42.5 Å². The Morgan fingerprint density at radius 3 is 1.82 bits per heavy atom. The van der Waals surface area contributed by atoms with Crippen molar-refractivity contribution in [1.82, 2.24) is 0 Å². The summed E-state index contributed by atoms with van der Waals surface area (Å²) >= 11 is 6.09. The maximum absolute atomic E-state index is 14.1. The number of carbonyl (C=O) groups is 4. The molecule has 2 heterocycles. The van der Waals surface area contributed by atoms with Crippen LogP contribution in [0.2, 0.25) is 5.02 Å². The maximum atomic E-state index is 14.1. The van der Waals surface area contributed by atoms with Crippen molar-refractivity contribution in [2.45, 2.75) is 11.7 Å². The summed E-state index contributed by atoms with van der Waals surface area (Å²) in [6.07, 6.45) is -0.987. The van der Waals surface area contributed by atoms with Gasteiger partial charge in [-0.1, -0.05) is 90.5 Å². The average molecular weight is 534 g/mol. The van der Waals surface area contributed by atoms with Gasteiger partial charge in [-0.05, 0) is 41.0 Å². The monoisotopic (exact) mass is 533 g/mol. The third-order valence-electron chi connectivity index (χ3n) is 7.95. The van der Waals surface area contributed by atoms with Gasteiger partial charge in [0, 0.05) is 16.1 Å². The Bertz CT molecular complexity index is 1650. The van der Waals surface area contributed by atoms with Crippen LogP contribution in [0.4, 0.5) is 5.69 Å². The number of hydrogen-bond donors (Lipinski definition) is 0. The Hall–Kier alpha value is -4.39. The summed E-state index contributed by atoms with van der Waals surface area (Å²) in [6, 6.07) is 29.9. The first kappa shape index (κ1) is 23.7. The van der Waals surface area contributed by atoms with Crippen LogP contribution in [0.5, 0.6) is 0 Å². The van der Waals surface area contributed by atoms with Crippen molar-refractivity contribution in [2.24, 2.45) is 11.8 Å². The van der Waals surface area contributed by atoms with Gasteiger partial charge in [0.2, 0.25) is 29.0 Å². The molecule has 0 N–H and O–H groups in total. The first-order valence-electron chi connectivity index (χ1n) is 12.6. The topological polar surface area (TPSA) is 80.8 Å². The van der Waals surface area contributed by atoms with E-state index in [1.54, 1.807) is 60.7 Å². The van der Waals surface area contributed by atoms with E-state index in [0.717, 1.165) is 16.0 Å². The van der Waals surface area contributed by atoms with Crippen molar-refractivity contribution >= 4 is 40.7 Å². The molecule has 0 bridgehead atoms. The molecular weight excluding hydrogens is 514 g/mol. The fourth-order valence-corrected chi connectivity index (χ4v) is 6.28. The van der Waals surface area contributed by atoms with Crippen LogP contribution in [0.1, 0.15) is 32.4 Å². The van der Waals surface area contributed by atoms with Gasteiger partial charge < -0.3 is 4.74 Å². The number of hydrogen-bond acceptors (Lipinski definition) is 5. The molecule has 4 aromatic carbocycles. The van der Waals surface area contributed by atoms with Crippen molar-refractivity contribution in [2.75, 3.05) is 4.90 Å². The Balaban J connectivity index is 1.34. The molecule has 2 amide bonds. The number of imide groups is 1. The number of benzene rings is 4. The van der Waals surface area contributed by atoms with Gasteiger partial charge in [-0.3, -0.25) is 19.2 Å². The van der Waals surface area contributed by atoms with Gasteiger partial charge in [0.05, 0.1) is 23.6 Å². The molecular formula is C32H20ClNO5. The zero-order valence-electron chi connectivity index (χ0n) is 20.4. The summed E-state index contributed by atoms with van der Waals surface area (Å²) in [7, 11) is 0. The molecule has 39 heavy (non-hydrogen) atoms. The fourth-order valence-electron chi connectivity index (χ4n) is 6.16. The minimum atomic E-state index is -2.11. The second-order valence-electron chi connectivity index (χ2n) is 9.96. The molecule has 190 valence electrons. The summed E-state index contributed by atoms with van der Waals surface area (Å²) in [5.41, 5.74) is 1.14. The third-order valence-corrected chi connectivity index (χ3v) is 8.20. The molecule has 0 radical (unpaired) electrons. The molecule has 2 fully saturated rings. The molecule has 0 saturated carbocycles. The SMILES string of the molecule is O=C1[C@H]2[C@@H](C(=O)N1c1ccc(-c3ccccc3)cc1)C1(O[C@H]2c2ccc(Cl)cc2)C(=O)c2ccccc2C1=O. The number of rotatable bonds is 3. The third kappa shape index (κ3) is 3.25. The molecule has 6 nitrogen and oxygen atoms in total. The van der Waals surface area contributed by atoms with E-state index in [-0.39, 0.29) is 11.1 Å². The summed E-state index contributed by atoms with van der Waals surface area (Å²) in [6.45, 7) is 0. The lowest BCUT2D eigenvalue weighted by molar-refractivity contribution is -0.127. The fraction of sp³-hybridized carbons (Fsp3) is 0.125. The zero-order valence-corrected chi connectivity index (χ0v) is 21.2. The van der Waals surface area contributed by atoms with Gasteiger partial charge >= 0.3 is 0 Å². The van der Waals surface area contributed by atoms with Gasteiger partial charge in [0.1, 0.15) is 0 Å². The van der Waals surface area contributed by atoms with Crippen molar-refractivity contribution in [3.8, 4) is 11.1 Å². The smallest absolute Gasteiger partial charge is 0.241 e. The second kappa shape index (κ2) is 8.56. The molecule has 0 aromatic heterocycles. The predicted octanol–water partition coefficient (Wildman–Crippen LogP) is 5.70. The van der Waals surface area contributed by atoms with Crippen LogP contribution >= 0.6 is 11.6 Å². The van der Waals surface area contributed by atoms with Gasteiger partial charge in [-0.25, -0.2) is 4.90 Å². The summed E-state index contributed by atoms with van der Waals surface area (Å²) in [5, 5.41) is 0.484. The molecule has 7 rings (SSSR count). The highest BCUT2D eigenvalue weighted by atomic mass is 35.5. The summed E-state index contributed by atoms with van der Waals surface area (Å²) < 4.78 is 6.30. The number of halogens is 1. The van der Waals surface area contributed by atoms with E-state index in [1.165, 1.54) is 0 Å². The van der Waals surface area contributed by atoms with Gasteiger partial charge in [-0.15, -0.1) is 0 Å². The minimum Gasteiger partial charge on any atom is -0.349 e. The highest BCUT2D eigenvalue weighted by molar-refractivity contribution is 6.37. The lowest BCUT2D eigenvalue weighted by Gasteiger charge is -2.27. The standard InChI is InChI=1S/C32H20ClNO5/c33-21-14-10-20(11-15-21)27-25-26(32(39-27)28(35)23-8-4-5-9-24(23)29(32)36)31(38)34(30(25)37)22-16-12-19(13-17-22)18-6-2-1-3-7-18/h1-17,25-27H/t25-,26-,27-/m0/s1. The molecule has 3 aliphatic rings. The molecule has 1 aliphatic carbocycles. The van der Waals surface area contributed by atoms with Crippen LogP contribution in [0, 0.1) is 11.8 Å². The van der Waals surface area contributed by atoms with Crippen LogP contribution in [-0.2, 0) is 14.3 Å². The van der Waals surface area contributed by atoms with Crippen molar-refractivity contribution in [1.29, 1.82) is 0 Å². The Labute approximate surface area is 228 Å². The number of Topliss-reactive ketones (excluding diaryl/α,β-unsaturated/α-hetero) is 2. The van der Waals surface area contributed by atoms with E-state index >= 15 is 0 Å². The number of nitrogens with zero attached hydrogens (tertiary/aromatic N) is 1. The number of carbonyl (C=O) groups excluding carboxylic acids is 4. The quantitative estimate of drug-likeness (QED) is 0.249. The average Bonchev–Trinajstić information content (AvgIpc) is 3.54. The van der Waals surface area contributed by atoms with Crippen LogP contribution in [0.25, 0.3) is 11.1 Å². The highest BCUT2D eigenvalue weighted by Gasteiger charge is 2.74. The van der Waals surface area contributed by atoms with Crippen LogP contribution < -0.4 is 4.90 Å². The van der Waals surface area contributed by atoms with Crippen molar-refractivity contribution in [3.63, 3.8) is 0 Å². The van der Waals surface area contributed by atoms with Crippen LogP contribution in [-0.4, -0.2) is 29.0 Å². The summed E-state index contributed by atoms with van der Waals surface area (Å²) in [4.78, 5) is 56.9. The zero-order chi connectivity index (χ0) is 26.9. The second-order valence-corrected chi connectivity index (χ2v) is 10.4. The van der Waals surface area contributed by atoms with Crippen molar-refractivity contribution < 1.29 is 23.9 Å². The Morgan fingerprint density at radius 1 is 0.641 bits per heavy atom. The molecule has 3 atom stereocenters.